The van der Waals surface area contributed by atoms with Crippen LogP contribution in [0.25, 0.3) is 0 Å². The van der Waals surface area contributed by atoms with E-state index in [4.69, 9.17) is 4.74 Å². The molecule has 2 nitrogen and oxygen atoms in total. The highest BCUT2D eigenvalue weighted by Gasteiger charge is 2.02. The molecule has 3 aromatic carbocycles. The molecule has 0 saturated carbocycles. The van der Waals surface area contributed by atoms with Crippen LogP contribution in [-0.2, 0) is 19.6 Å². The lowest BCUT2D eigenvalue weighted by molar-refractivity contribution is 0.305. The monoisotopic (exact) mass is 353 g/mol. The highest BCUT2D eigenvalue weighted by atomic mass is 19.1. The van der Waals surface area contributed by atoms with Gasteiger partial charge in [-0.25, -0.2) is 8.78 Å². The van der Waals surface area contributed by atoms with Crippen LogP contribution in [0.4, 0.5) is 8.78 Å². The van der Waals surface area contributed by atoms with E-state index in [1.165, 1.54) is 18.2 Å². The topological polar surface area (TPSA) is 21.3 Å². The highest BCUT2D eigenvalue weighted by molar-refractivity contribution is 5.29. The third kappa shape index (κ3) is 5.39. The maximum absolute atomic E-state index is 13.6. The second-order valence-corrected chi connectivity index (χ2v) is 6.08. The van der Waals surface area contributed by atoms with E-state index in [1.807, 2.05) is 30.3 Å². The third-order valence-electron chi connectivity index (χ3n) is 4.08. The minimum Gasteiger partial charge on any atom is -0.489 e. The number of nitrogens with one attached hydrogen (secondary N) is 1. The van der Waals surface area contributed by atoms with Crippen LogP contribution in [0.15, 0.2) is 72.8 Å². The number of ether oxygens (including phenoxy) is 1. The summed E-state index contributed by atoms with van der Waals surface area (Å²) in [7, 11) is 0. The fourth-order valence-corrected chi connectivity index (χ4v) is 2.65. The lowest BCUT2D eigenvalue weighted by atomic mass is 10.1. The molecule has 3 rings (SSSR count). The van der Waals surface area contributed by atoms with Gasteiger partial charge in [0.25, 0.3) is 0 Å². The van der Waals surface area contributed by atoms with E-state index < -0.39 is 0 Å². The lowest BCUT2D eigenvalue weighted by Crippen LogP contribution is -2.17. The van der Waals surface area contributed by atoms with Gasteiger partial charge in [-0.15, -0.1) is 0 Å². The molecule has 0 atom stereocenters. The van der Waals surface area contributed by atoms with E-state index in [-0.39, 0.29) is 11.6 Å². The largest absolute Gasteiger partial charge is 0.489 e. The van der Waals surface area contributed by atoms with Crippen LogP contribution in [0, 0.1) is 11.6 Å². The third-order valence-corrected chi connectivity index (χ3v) is 4.08. The summed E-state index contributed by atoms with van der Waals surface area (Å²) in [6.07, 6.45) is 0.646. The normalized spacial score (nSPS) is 10.7. The van der Waals surface area contributed by atoms with Gasteiger partial charge in [-0.05, 0) is 60.0 Å². The van der Waals surface area contributed by atoms with E-state index in [0.29, 0.717) is 26.1 Å². The van der Waals surface area contributed by atoms with Crippen LogP contribution in [0.1, 0.15) is 16.7 Å². The zero-order valence-corrected chi connectivity index (χ0v) is 14.4. The second-order valence-electron chi connectivity index (χ2n) is 6.08. The van der Waals surface area contributed by atoms with E-state index in [1.54, 1.807) is 24.3 Å². The van der Waals surface area contributed by atoms with Gasteiger partial charge in [0, 0.05) is 6.54 Å². The summed E-state index contributed by atoms with van der Waals surface area (Å²) in [5.41, 5.74) is 2.73. The molecule has 0 radical (unpaired) electrons. The molecule has 0 amide bonds. The fraction of sp³-hybridized carbons (Fsp3) is 0.182. The summed E-state index contributed by atoms with van der Waals surface area (Å²) < 4.78 is 32.3. The average molecular weight is 353 g/mol. The Morgan fingerprint density at radius 2 is 1.62 bits per heavy atom. The van der Waals surface area contributed by atoms with Gasteiger partial charge in [-0.2, -0.15) is 0 Å². The maximum Gasteiger partial charge on any atom is 0.126 e. The molecule has 0 aliphatic rings. The first-order chi connectivity index (χ1) is 12.7. The number of benzene rings is 3. The molecule has 0 saturated heterocycles. The van der Waals surface area contributed by atoms with Crippen molar-refractivity contribution >= 4 is 0 Å². The fourth-order valence-electron chi connectivity index (χ4n) is 2.65. The van der Waals surface area contributed by atoms with Gasteiger partial charge in [0.2, 0.25) is 0 Å². The van der Waals surface area contributed by atoms with Crippen LogP contribution in [0.5, 0.6) is 5.75 Å². The molecular formula is C22H21F2NO. The quantitative estimate of drug-likeness (QED) is 0.583. The first-order valence-electron chi connectivity index (χ1n) is 8.61. The van der Waals surface area contributed by atoms with Crippen LogP contribution < -0.4 is 10.1 Å². The van der Waals surface area contributed by atoms with E-state index in [2.05, 4.69) is 5.32 Å². The molecule has 3 aromatic rings. The predicted molar refractivity (Wildman–Crippen MR) is 99.0 cm³/mol. The Labute approximate surface area is 152 Å². The van der Waals surface area contributed by atoms with Gasteiger partial charge < -0.3 is 10.1 Å². The van der Waals surface area contributed by atoms with E-state index in [9.17, 15) is 8.78 Å². The first kappa shape index (κ1) is 18.1. The Morgan fingerprint density at radius 1 is 0.808 bits per heavy atom. The van der Waals surface area contributed by atoms with Crippen LogP contribution in [0.2, 0.25) is 0 Å². The Bertz CT molecular complexity index is 834. The molecule has 1 N–H and O–H groups in total. The minimum absolute atomic E-state index is 0.162. The Hall–Kier alpha value is -2.72. The molecule has 0 aliphatic heterocycles. The molecule has 0 fully saturated rings. The van der Waals surface area contributed by atoms with Gasteiger partial charge in [-0.1, -0.05) is 42.5 Å². The van der Waals surface area contributed by atoms with Crippen molar-refractivity contribution in [3.8, 4) is 5.75 Å². The molecule has 134 valence electrons. The van der Waals surface area contributed by atoms with Crippen molar-refractivity contribution < 1.29 is 13.5 Å². The van der Waals surface area contributed by atoms with Crippen molar-refractivity contribution in [2.45, 2.75) is 19.6 Å². The predicted octanol–water partition coefficient (Wildman–Crippen LogP) is 4.88. The number of hydrogen-bond acceptors (Lipinski definition) is 2. The second kappa shape index (κ2) is 9.11. The van der Waals surface area contributed by atoms with Crippen molar-refractivity contribution in [3.63, 3.8) is 0 Å². The molecule has 0 bridgehead atoms. The van der Waals surface area contributed by atoms with Crippen molar-refractivity contribution in [1.82, 2.24) is 5.32 Å². The first-order valence-corrected chi connectivity index (χ1v) is 8.61. The molecule has 4 heteroatoms. The molecule has 0 heterocycles. The molecule has 0 aromatic heterocycles. The number of halogens is 2. The van der Waals surface area contributed by atoms with Gasteiger partial charge in [0.1, 0.15) is 24.0 Å². The van der Waals surface area contributed by atoms with Gasteiger partial charge >= 0.3 is 0 Å². The van der Waals surface area contributed by atoms with Crippen molar-refractivity contribution in [2.75, 3.05) is 6.54 Å². The molecular weight excluding hydrogens is 332 g/mol. The summed E-state index contributed by atoms with van der Waals surface area (Å²) in [6.45, 7) is 1.77. The highest BCUT2D eigenvalue weighted by Crippen LogP contribution is 2.15. The standard InChI is InChI=1S/C22H21F2NO/c23-20-10-8-17(9-11-20)16-26-21-6-3-4-18(14-21)15-25-13-12-19-5-1-2-7-22(19)24/h1-11,14,25H,12-13,15-16H2. The molecule has 0 aliphatic carbocycles. The average Bonchev–Trinajstić information content (AvgIpc) is 2.66. The number of rotatable bonds is 8. The van der Waals surface area contributed by atoms with Crippen molar-refractivity contribution in [1.29, 1.82) is 0 Å². The Balaban J connectivity index is 1.46. The maximum atomic E-state index is 13.6. The molecule has 0 unspecified atom stereocenters. The minimum atomic E-state index is -0.253. The summed E-state index contributed by atoms with van der Waals surface area (Å²) in [5.74, 6) is 0.352. The molecule has 26 heavy (non-hydrogen) atoms. The van der Waals surface area contributed by atoms with Gasteiger partial charge in [-0.3, -0.25) is 0 Å². The smallest absolute Gasteiger partial charge is 0.126 e. The van der Waals surface area contributed by atoms with E-state index in [0.717, 1.165) is 22.4 Å². The zero-order valence-electron chi connectivity index (χ0n) is 14.4. The molecule has 0 spiro atoms. The van der Waals surface area contributed by atoms with Gasteiger partial charge in [0.05, 0.1) is 0 Å². The van der Waals surface area contributed by atoms with Crippen LogP contribution >= 0.6 is 0 Å². The van der Waals surface area contributed by atoms with E-state index >= 15 is 0 Å². The summed E-state index contributed by atoms with van der Waals surface area (Å²) in [5, 5.41) is 3.32. The van der Waals surface area contributed by atoms with Crippen LogP contribution in [-0.4, -0.2) is 6.54 Å². The van der Waals surface area contributed by atoms with Crippen molar-refractivity contribution in [3.05, 3.63) is 101 Å². The SMILES string of the molecule is Fc1ccc(COc2cccc(CNCCc3ccccc3F)c2)cc1. The van der Waals surface area contributed by atoms with Crippen LogP contribution in [0.3, 0.4) is 0 Å². The lowest BCUT2D eigenvalue weighted by Gasteiger charge is -2.09. The Morgan fingerprint density at radius 3 is 2.42 bits per heavy atom. The summed E-state index contributed by atoms with van der Waals surface area (Å²) in [4.78, 5) is 0. The zero-order chi connectivity index (χ0) is 18.2. The summed E-state index contributed by atoms with van der Waals surface area (Å²) in [6, 6.07) is 20.9. The Kier molecular flexibility index (Phi) is 6.34. The van der Waals surface area contributed by atoms with Gasteiger partial charge in [0.15, 0.2) is 0 Å². The summed E-state index contributed by atoms with van der Waals surface area (Å²) >= 11 is 0. The number of hydrogen-bond donors (Lipinski definition) is 1. The van der Waals surface area contributed by atoms with Crippen molar-refractivity contribution in [2.24, 2.45) is 0 Å².